The van der Waals surface area contributed by atoms with Crippen LogP contribution >= 0.6 is 0 Å². The van der Waals surface area contributed by atoms with Crippen LogP contribution in [0.2, 0.25) is 0 Å². The van der Waals surface area contributed by atoms with Gasteiger partial charge in [-0.3, -0.25) is 0 Å². The number of aromatic nitrogens is 2. The molecule has 3 N–H and O–H groups in total. The molecule has 0 saturated heterocycles. The van der Waals surface area contributed by atoms with Gasteiger partial charge in [-0.05, 0) is 7.05 Å². The third-order valence-corrected chi connectivity index (χ3v) is 4.02. The molecule has 0 aromatic carbocycles. The van der Waals surface area contributed by atoms with Crippen LogP contribution in [-0.4, -0.2) is 43.8 Å². The molecule has 19 heavy (non-hydrogen) atoms. The van der Waals surface area contributed by atoms with E-state index in [0.717, 1.165) is 0 Å². The van der Waals surface area contributed by atoms with Gasteiger partial charge in [0.05, 0.1) is 12.9 Å². The van der Waals surface area contributed by atoms with E-state index in [9.17, 15) is 13.2 Å². The molecule has 0 amide bonds. The molecule has 0 aliphatic heterocycles. The van der Waals surface area contributed by atoms with Crippen molar-refractivity contribution in [2.75, 3.05) is 25.6 Å². The topological polar surface area (TPSA) is 116 Å². The molecule has 1 aromatic heterocycles. The number of anilines is 1. The smallest absolute Gasteiger partial charge is 0.360 e. The summed E-state index contributed by atoms with van der Waals surface area (Å²) in [5.74, 6) is -0.112. The van der Waals surface area contributed by atoms with Gasteiger partial charge in [-0.15, -0.1) is 0 Å². The van der Waals surface area contributed by atoms with E-state index < -0.39 is 16.0 Å². The predicted octanol–water partition coefficient (Wildman–Crippen LogP) is -0.636. The Hall–Kier alpha value is -1.61. The van der Waals surface area contributed by atoms with Crippen LogP contribution < -0.4 is 10.5 Å². The Bertz CT molecular complexity index is 564. The second-order valence-electron chi connectivity index (χ2n) is 3.78. The highest BCUT2D eigenvalue weighted by Gasteiger charge is 2.21. The number of hydrogen-bond acceptors (Lipinski definition) is 6. The molecule has 0 spiro atoms. The Morgan fingerprint density at radius 3 is 2.63 bits per heavy atom. The first-order chi connectivity index (χ1) is 8.86. The fraction of sp³-hybridized carbons (Fsp3) is 0.600. The summed E-state index contributed by atoms with van der Waals surface area (Å²) in [6, 6.07) is 0. The molecule has 0 aliphatic rings. The van der Waals surface area contributed by atoms with Gasteiger partial charge in [0.25, 0.3) is 0 Å². The molecular formula is C10H18N4O4S. The Kier molecular flexibility index (Phi) is 4.90. The number of nitrogens with zero attached hydrogens (tertiary/aromatic N) is 2. The largest absolute Gasteiger partial charge is 0.464 e. The van der Waals surface area contributed by atoms with E-state index in [4.69, 9.17) is 5.73 Å². The third kappa shape index (κ3) is 3.44. The zero-order chi connectivity index (χ0) is 14.6. The van der Waals surface area contributed by atoms with Gasteiger partial charge in [-0.1, -0.05) is 6.92 Å². The number of carbonyl (C=O) groups is 1. The third-order valence-electron chi connectivity index (χ3n) is 2.68. The van der Waals surface area contributed by atoms with Gasteiger partial charge < -0.3 is 15.0 Å². The molecule has 108 valence electrons. The lowest BCUT2D eigenvalue weighted by molar-refractivity contribution is 0.0595. The molecule has 0 aliphatic carbocycles. The van der Waals surface area contributed by atoms with Crippen molar-refractivity contribution in [1.82, 2.24) is 14.3 Å². The number of nitrogen functional groups attached to an aromatic ring is 1. The molecule has 0 unspecified atom stereocenters. The monoisotopic (exact) mass is 290 g/mol. The quantitative estimate of drug-likeness (QED) is 0.673. The van der Waals surface area contributed by atoms with Crippen LogP contribution in [-0.2, 0) is 27.7 Å². The highest BCUT2D eigenvalue weighted by atomic mass is 32.2. The molecule has 1 rings (SSSR count). The Morgan fingerprint density at radius 2 is 2.16 bits per heavy atom. The van der Waals surface area contributed by atoms with Crippen LogP contribution in [0.3, 0.4) is 0 Å². The van der Waals surface area contributed by atoms with Gasteiger partial charge >= 0.3 is 5.97 Å². The maximum absolute atomic E-state index is 11.5. The van der Waals surface area contributed by atoms with E-state index in [1.807, 2.05) is 6.92 Å². The zero-order valence-corrected chi connectivity index (χ0v) is 12.0. The molecule has 1 aromatic rings. The zero-order valence-electron chi connectivity index (χ0n) is 11.1. The fourth-order valence-electron chi connectivity index (χ4n) is 1.59. The summed E-state index contributed by atoms with van der Waals surface area (Å²) in [5.41, 5.74) is 5.83. The molecule has 0 saturated carbocycles. The first kappa shape index (κ1) is 15.4. The average Bonchev–Trinajstić information content (AvgIpc) is 2.72. The van der Waals surface area contributed by atoms with Crippen molar-refractivity contribution >= 4 is 21.8 Å². The number of sulfonamides is 1. The average molecular weight is 290 g/mol. The molecule has 0 radical (unpaired) electrons. The molecule has 0 bridgehead atoms. The minimum atomic E-state index is -3.35. The number of hydrogen-bond donors (Lipinski definition) is 2. The molecule has 9 heteroatoms. The number of imidazole rings is 1. The van der Waals surface area contributed by atoms with Crippen molar-refractivity contribution in [3.05, 3.63) is 11.5 Å². The van der Waals surface area contributed by atoms with Crippen LogP contribution in [0.25, 0.3) is 0 Å². The Balaban J connectivity index is 3.06. The maximum Gasteiger partial charge on any atom is 0.360 e. The number of aryl methyl sites for hydroxylation is 1. The first-order valence-electron chi connectivity index (χ1n) is 5.70. The number of nitrogens with two attached hydrogens (primary N) is 1. The van der Waals surface area contributed by atoms with Gasteiger partial charge in [0.2, 0.25) is 10.0 Å². The minimum absolute atomic E-state index is 0.0150. The molecular weight excluding hydrogens is 272 g/mol. The second kappa shape index (κ2) is 6.02. The summed E-state index contributed by atoms with van der Waals surface area (Å²) < 4.78 is 31.1. The summed E-state index contributed by atoms with van der Waals surface area (Å²) >= 11 is 0. The first-order valence-corrected chi connectivity index (χ1v) is 7.35. The van der Waals surface area contributed by atoms with Crippen LogP contribution in [0.5, 0.6) is 0 Å². The van der Waals surface area contributed by atoms with Crippen molar-refractivity contribution in [1.29, 1.82) is 0 Å². The lowest BCUT2D eigenvalue weighted by Gasteiger charge is -2.08. The second-order valence-corrected chi connectivity index (χ2v) is 5.83. The number of carbonyl (C=O) groups excluding carboxylic acids is 1. The summed E-state index contributed by atoms with van der Waals surface area (Å²) in [5, 5.41) is 0. The van der Waals surface area contributed by atoms with E-state index in [-0.39, 0.29) is 23.8 Å². The van der Waals surface area contributed by atoms with E-state index >= 15 is 0 Å². The fourth-order valence-corrected chi connectivity index (χ4v) is 2.22. The van der Waals surface area contributed by atoms with Crippen molar-refractivity contribution in [2.45, 2.75) is 19.9 Å². The highest BCUT2D eigenvalue weighted by Crippen LogP contribution is 2.16. The Morgan fingerprint density at radius 1 is 1.53 bits per heavy atom. The summed E-state index contributed by atoms with van der Waals surface area (Å²) in [4.78, 5) is 15.5. The van der Waals surface area contributed by atoms with Crippen molar-refractivity contribution in [3.63, 3.8) is 0 Å². The normalized spacial score (nSPS) is 11.5. The van der Waals surface area contributed by atoms with Crippen LogP contribution in [0, 0.1) is 0 Å². The van der Waals surface area contributed by atoms with Gasteiger partial charge in [0.15, 0.2) is 5.69 Å². The highest BCUT2D eigenvalue weighted by molar-refractivity contribution is 7.89. The molecule has 0 atom stereocenters. The molecule has 0 fully saturated rings. The van der Waals surface area contributed by atoms with Crippen molar-refractivity contribution in [3.8, 4) is 0 Å². The van der Waals surface area contributed by atoms with Gasteiger partial charge in [-0.25, -0.2) is 22.9 Å². The number of rotatable bonds is 6. The van der Waals surface area contributed by atoms with E-state index in [2.05, 4.69) is 14.4 Å². The maximum atomic E-state index is 11.5. The standard InChI is InChI=1S/C10H18N4O4S/c1-4-7-13-8(10(15)18-3)9(11)14(7)5-6-19(16,17)12-2/h12H,4-6,11H2,1-3H3. The van der Waals surface area contributed by atoms with Gasteiger partial charge in [0.1, 0.15) is 11.6 Å². The SMILES string of the molecule is CCc1nc(C(=O)OC)c(N)n1CCS(=O)(=O)NC. The predicted molar refractivity (Wildman–Crippen MR) is 70.2 cm³/mol. The van der Waals surface area contributed by atoms with Gasteiger partial charge in [-0.2, -0.15) is 0 Å². The number of methoxy groups -OCH3 is 1. The Labute approximate surface area is 112 Å². The van der Waals surface area contributed by atoms with E-state index in [0.29, 0.717) is 12.2 Å². The van der Waals surface area contributed by atoms with E-state index in [1.54, 1.807) is 0 Å². The summed E-state index contributed by atoms with van der Waals surface area (Å²) in [6.07, 6.45) is 0.529. The molecule has 8 nitrogen and oxygen atoms in total. The number of esters is 1. The summed E-state index contributed by atoms with van der Waals surface area (Å²) in [6.45, 7) is 1.97. The lowest BCUT2D eigenvalue weighted by Crippen LogP contribution is -2.25. The molecule has 1 heterocycles. The minimum Gasteiger partial charge on any atom is -0.464 e. The van der Waals surface area contributed by atoms with Crippen LogP contribution in [0.15, 0.2) is 0 Å². The summed E-state index contributed by atoms with van der Waals surface area (Å²) in [7, 11) is -0.772. The van der Waals surface area contributed by atoms with Crippen molar-refractivity contribution < 1.29 is 17.9 Å². The lowest BCUT2D eigenvalue weighted by atomic mass is 10.4. The van der Waals surface area contributed by atoms with Gasteiger partial charge in [0, 0.05) is 13.0 Å². The van der Waals surface area contributed by atoms with E-state index in [1.165, 1.54) is 18.7 Å². The van der Waals surface area contributed by atoms with Crippen LogP contribution in [0.4, 0.5) is 5.82 Å². The number of nitrogens with one attached hydrogen (secondary N) is 1. The van der Waals surface area contributed by atoms with Crippen LogP contribution in [0.1, 0.15) is 23.2 Å². The number of ether oxygens (including phenoxy) is 1. The van der Waals surface area contributed by atoms with Crippen molar-refractivity contribution in [2.24, 2.45) is 0 Å².